The SMILES string of the molecule is Cc1csc(NC(=O)N2CCC(Sc3ccccc3)C2)n1. The van der Waals surface area contributed by atoms with E-state index in [1.165, 1.54) is 16.2 Å². The van der Waals surface area contributed by atoms with Gasteiger partial charge in [-0.25, -0.2) is 9.78 Å². The fraction of sp³-hybridized carbons (Fsp3) is 0.333. The molecule has 4 nitrogen and oxygen atoms in total. The zero-order chi connectivity index (χ0) is 14.7. The van der Waals surface area contributed by atoms with E-state index in [0.29, 0.717) is 10.4 Å². The fourth-order valence-electron chi connectivity index (χ4n) is 2.28. The number of rotatable bonds is 3. The summed E-state index contributed by atoms with van der Waals surface area (Å²) in [4.78, 5) is 19.6. The maximum Gasteiger partial charge on any atom is 0.323 e. The van der Waals surface area contributed by atoms with Gasteiger partial charge in [-0.15, -0.1) is 23.1 Å². The molecule has 1 aliphatic rings. The predicted octanol–water partition coefficient (Wildman–Crippen LogP) is 3.85. The number of thioether (sulfide) groups is 1. The van der Waals surface area contributed by atoms with E-state index in [-0.39, 0.29) is 6.03 Å². The number of urea groups is 1. The fourth-order valence-corrected chi connectivity index (χ4v) is 4.14. The first-order chi connectivity index (χ1) is 10.2. The number of carbonyl (C=O) groups is 1. The van der Waals surface area contributed by atoms with Gasteiger partial charge in [-0.05, 0) is 25.5 Å². The van der Waals surface area contributed by atoms with E-state index < -0.39 is 0 Å². The third kappa shape index (κ3) is 3.77. The minimum absolute atomic E-state index is 0.0412. The number of carbonyl (C=O) groups excluding carboxylic acids is 1. The summed E-state index contributed by atoms with van der Waals surface area (Å²) >= 11 is 3.31. The van der Waals surface area contributed by atoms with Gasteiger partial charge in [0.05, 0.1) is 5.69 Å². The van der Waals surface area contributed by atoms with Crippen LogP contribution in [0, 0.1) is 6.92 Å². The number of thiazole rings is 1. The topological polar surface area (TPSA) is 45.2 Å². The van der Waals surface area contributed by atoms with Gasteiger partial charge in [0.2, 0.25) is 0 Å². The normalized spacial score (nSPS) is 18.0. The van der Waals surface area contributed by atoms with Crippen LogP contribution in [-0.4, -0.2) is 34.3 Å². The van der Waals surface area contributed by atoms with Crippen LogP contribution < -0.4 is 5.32 Å². The van der Waals surface area contributed by atoms with E-state index in [1.807, 2.05) is 47.2 Å². The number of hydrogen-bond acceptors (Lipinski definition) is 4. The number of likely N-dealkylation sites (tertiary alicyclic amines) is 1. The molecule has 1 aromatic carbocycles. The van der Waals surface area contributed by atoms with Crippen molar-refractivity contribution in [3.8, 4) is 0 Å². The molecule has 0 spiro atoms. The van der Waals surface area contributed by atoms with E-state index in [9.17, 15) is 4.79 Å². The van der Waals surface area contributed by atoms with Crippen molar-refractivity contribution in [2.75, 3.05) is 18.4 Å². The second-order valence-electron chi connectivity index (χ2n) is 5.01. The third-order valence-corrected chi connectivity index (χ3v) is 5.45. The molecule has 1 N–H and O–H groups in total. The number of amides is 2. The van der Waals surface area contributed by atoms with Crippen molar-refractivity contribution in [2.24, 2.45) is 0 Å². The Kier molecular flexibility index (Phi) is 4.45. The minimum Gasteiger partial charge on any atom is -0.323 e. The van der Waals surface area contributed by atoms with Gasteiger partial charge in [-0.2, -0.15) is 0 Å². The van der Waals surface area contributed by atoms with E-state index in [0.717, 1.165) is 25.2 Å². The second kappa shape index (κ2) is 6.49. The lowest BCUT2D eigenvalue weighted by Crippen LogP contribution is -2.33. The lowest BCUT2D eigenvalue weighted by molar-refractivity contribution is 0.222. The summed E-state index contributed by atoms with van der Waals surface area (Å²) in [5.74, 6) is 0. The second-order valence-corrected chi connectivity index (χ2v) is 7.24. The highest BCUT2D eigenvalue weighted by atomic mass is 32.2. The summed E-state index contributed by atoms with van der Waals surface area (Å²) in [6, 6.07) is 10.3. The highest BCUT2D eigenvalue weighted by Gasteiger charge is 2.27. The number of benzene rings is 1. The smallest absolute Gasteiger partial charge is 0.323 e. The van der Waals surface area contributed by atoms with Gasteiger partial charge in [-0.1, -0.05) is 18.2 Å². The Bertz CT molecular complexity index is 614. The van der Waals surface area contributed by atoms with Crippen molar-refractivity contribution in [1.82, 2.24) is 9.88 Å². The number of nitrogens with zero attached hydrogens (tertiary/aromatic N) is 2. The molecular weight excluding hydrogens is 302 g/mol. The zero-order valence-corrected chi connectivity index (χ0v) is 13.4. The van der Waals surface area contributed by atoms with Crippen molar-refractivity contribution in [3.63, 3.8) is 0 Å². The molecule has 0 saturated carbocycles. The Morgan fingerprint density at radius 2 is 2.24 bits per heavy atom. The maximum absolute atomic E-state index is 12.2. The first-order valence-electron chi connectivity index (χ1n) is 6.90. The highest BCUT2D eigenvalue weighted by molar-refractivity contribution is 8.00. The average molecular weight is 319 g/mol. The van der Waals surface area contributed by atoms with Gasteiger partial charge in [-0.3, -0.25) is 5.32 Å². The Labute approximate surface area is 132 Å². The van der Waals surface area contributed by atoms with E-state index in [4.69, 9.17) is 0 Å². The van der Waals surface area contributed by atoms with E-state index >= 15 is 0 Å². The van der Waals surface area contributed by atoms with Crippen LogP contribution in [0.2, 0.25) is 0 Å². The first-order valence-corrected chi connectivity index (χ1v) is 8.66. The lowest BCUT2D eigenvalue weighted by atomic mass is 10.4. The molecule has 3 rings (SSSR count). The van der Waals surface area contributed by atoms with Crippen LogP contribution in [0.25, 0.3) is 0 Å². The third-order valence-electron chi connectivity index (χ3n) is 3.31. The number of aryl methyl sites for hydroxylation is 1. The molecular formula is C15H17N3OS2. The van der Waals surface area contributed by atoms with Gasteiger partial charge in [0.25, 0.3) is 0 Å². The molecule has 1 aliphatic heterocycles. The number of aromatic nitrogens is 1. The van der Waals surface area contributed by atoms with Crippen LogP contribution in [0.5, 0.6) is 0 Å². The Hall–Kier alpha value is -1.53. The molecule has 110 valence electrons. The summed E-state index contributed by atoms with van der Waals surface area (Å²) in [7, 11) is 0. The largest absolute Gasteiger partial charge is 0.323 e. The molecule has 2 heterocycles. The van der Waals surface area contributed by atoms with Crippen LogP contribution in [0.3, 0.4) is 0 Å². The Morgan fingerprint density at radius 3 is 2.95 bits per heavy atom. The maximum atomic E-state index is 12.2. The quantitative estimate of drug-likeness (QED) is 0.934. The van der Waals surface area contributed by atoms with Crippen molar-refractivity contribution in [1.29, 1.82) is 0 Å². The predicted molar refractivity (Wildman–Crippen MR) is 88.1 cm³/mol. The standard InChI is InChI=1S/C15H17N3OS2/c1-11-10-20-14(16-11)17-15(19)18-8-7-13(9-18)21-12-5-3-2-4-6-12/h2-6,10,13H,7-9H2,1H3,(H,16,17,19). The van der Waals surface area contributed by atoms with Crippen molar-refractivity contribution < 1.29 is 4.79 Å². The monoisotopic (exact) mass is 319 g/mol. The molecule has 6 heteroatoms. The van der Waals surface area contributed by atoms with Crippen molar-refractivity contribution in [2.45, 2.75) is 23.5 Å². The molecule has 0 aliphatic carbocycles. The van der Waals surface area contributed by atoms with Gasteiger partial charge in [0, 0.05) is 28.6 Å². The van der Waals surface area contributed by atoms with Crippen LogP contribution in [-0.2, 0) is 0 Å². The average Bonchev–Trinajstić information content (AvgIpc) is 3.09. The van der Waals surface area contributed by atoms with E-state index in [2.05, 4.69) is 22.4 Å². The number of anilines is 1. The van der Waals surface area contributed by atoms with Gasteiger partial charge < -0.3 is 4.90 Å². The summed E-state index contributed by atoms with van der Waals surface area (Å²) < 4.78 is 0. The summed E-state index contributed by atoms with van der Waals surface area (Å²) in [5, 5.41) is 5.96. The van der Waals surface area contributed by atoms with Crippen molar-refractivity contribution >= 4 is 34.3 Å². The molecule has 1 saturated heterocycles. The molecule has 1 fully saturated rings. The molecule has 1 aromatic heterocycles. The minimum atomic E-state index is -0.0412. The number of hydrogen-bond donors (Lipinski definition) is 1. The van der Waals surface area contributed by atoms with Crippen LogP contribution in [0.15, 0.2) is 40.6 Å². The Morgan fingerprint density at radius 1 is 1.43 bits per heavy atom. The molecule has 0 bridgehead atoms. The molecule has 1 atom stereocenters. The molecule has 2 aromatic rings. The van der Waals surface area contributed by atoms with Gasteiger partial charge in [0.1, 0.15) is 0 Å². The zero-order valence-electron chi connectivity index (χ0n) is 11.8. The lowest BCUT2D eigenvalue weighted by Gasteiger charge is -2.16. The molecule has 0 radical (unpaired) electrons. The van der Waals surface area contributed by atoms with E-state index in [1.54, 1.807) is 0 Å². The Balaban J connectivity index is 1.53. The van der Waals surface area contributed by atoms with Crippen LogP contribution >= 0.6 is 23.1 Å². The van der Waals surface area contributed by atoms with Crippen LogP contribution in [0.1, 0.15) is 12.1 Å². The van der Waals surface area contributed by atoms with Gasteiger partial charge in [0.15, 0.2) is 5.13 Å². The summed E-state index contributed by atoms with van der Waals surface area (Å²) in [6.45, 7) is 3.52. The molecule has 2 amide bonds. The molecule has 1 unspecified atom stereocenters. The van der Waals surface area contributed by atoms with Gasteiger partial charge >= 0.3 is 6.03 Å². The first kappa shape index (κ1) is 14.4. The van der Waals surface area contributed by atoms with Crippen molar-refractivity contribution in [3.05, 3.63) is 41.4 Å². The van der Waals surface area contributed by atoms with Crippen LogP contribution in [0.4, 0.5) is 9.93 Å². The summed E-state index contributed by atoms with van der Waals surface area (Å²) in [6.07, 6.45) is 1.03. The number of nitrogens with one attached hydrogen (secondary N) is 1. The summed E-state index contributed by atoms with van der Waals surface area (Å²) in [5.41, 5.74) is 0.939. The molecule has 21 heavy (non-hydrogen) atoms. The highest BCUT2D eigenvalue weighted by Crippen LogP contribution is 2.29.